The Hall–Kier alpha value is -3.71. The molecule has 168 valence electrons. The number of benzene rings is 2. The highest BCUT2D eigenvalue weighted by molar-refractivity contribution is 6.21. The molecule has 0 spiro atoms. The molecule has 1 fully saturated rings. The van der Waals surface area contributed by atoms with Crippen LogP contribution in [0.3, 0.4) is 0 Å². The van der Waals surface area contributed by atoms with E-state index in [1.807, 2.05) is 18.2 Å². The number of imide groups is 1. The average Bonchev–Trinajstić information content (AvgIpc) is 3.60. The highest BCUT2D eigenvalue weighted by atomic mass is 16.3. The second kappa shape index (κ2) is 9.03. The lowest BCUT2D eigenvalue weighted by Gasteiger charge is -2.26. The Labute approximate surface area is 192 Å². The molecule has 1 atom stereocenters. The van der Waals surface area contributed by atoms with Crippen LogP contribution in [0, 0.1) is 0 Å². The molecule has 0 saturated carbocycles. The van der Waals surface area contributed by atoms with E-state index in [0.29, 0.717) is 23.2 Å². The van der Waals surface area contributed by atoms with Crippen molar-refractivity contribution in [3.63, 3.8) is 0 Å². The molecule has 1 unspecified atom stereocenters. The average molecular weight is 444 g/mol. The van der Waals surface area contributed by atoms with Crippen LogP contribution in [0.2, 0.25) is 0 Å². The molecule has 1 aromatic heterocycles. The molecule has 5 rings (SSSR count). The first-order valence-corrected chi connectivity index (χ1v) is 11.2. The number of nitrogens with zero attached hydrogens (tertiary/aromatic N) is 2. The third kappa shape index (κ3) is 4.19. The maximum absolute atomic E-state index is 12.9. The van der Waals surface area contributed by atoms with Crippen LogP contribution in [0.25, 0.3) is 0 Å². The first kappa shape index (κ1) is 21.2. The summed E-state index contributed by atoms with van der Waals surface area (Å²) >= 11 is 0. The van der Waals surface area contributed by atoms with Gasteiger partial charge in [0.2, 0.25) is 0 Å². The topological polar surface area (TPSA) is 82.9 Å². The number of likely N-dealkylation sites (tertiary alicyclic amines) is 1. The number of hydrogen-bond donors (Lipinski definition) is 1. The lowest BCUT2D eigenvalue weighted by atomic mass is 10.1. The minimum absolute atomic E-state index is 0.00650. The Balaban J connectivity index is 1.27. The van der Waals surface area contributed by atoms with Gasteiger partial charge in [-0.1, -0.05) is 24.3 Å². The summed E-state index contributed by atoms with van der Waals surface area (Å²) in [6, 6.07) is 17.7. The van der Waals surface area contributed by atoms with E-state index in [-0.39, 0.29) is 30.3 Å². The third-order valence-corrected chi connectivity index (χ3v) is 6.32. The minimum Gasteiger partial charge on any atom is -0.468 e. The van der Waals surface area contributed by atoms with Gasteiger partial charge >= 0.3 is 0 Å². The number of furan rings is 1. The summed E-state index contributed by atoms with van der Waals surface area (Å²) < 4.78 is 5.62. The molecular weight excluding hydrogens is 418 g/mol. The van der Waals surface area contributed by atoms with Crippen LogP contribution >= 0.6 is 0 Å². The Kier molecular flexibility index (Phi) is 5.79. The summed E-state index contributed by atoms with van der Waals surface area (Å²) in [5.41, 5.74) is 2.05. The van der Waals surface area contributed by atoms with Crippen molar-refractivity contribution < 1.29 is 18.8 Å². The Morgan fingerprint density at radius 1 is 0.939 bits per heavy atom. The summed E-state index contributed by atoms with van der Waals surface area (Å²) in [4.78, 5) is 41.8. The van der Waals surface area contributed by atoms with Gasteiger partial charge in [0.25, 0.3) is 17.7 Å². The number of rotatable bonds is 7. The van der Waals surface area contributed by atoms with Crippen molar-refractivity contribution in [1.29, 1.82) is 0 Å². The van der Waals surface area contributed by atoms with Crippen LogP contribution in [-0.4, -0.2) is 47.2 Å². The van der Waals surface area contributed by atoms with Gasteiger partial charge in [0.15, 0.2) is 0 Å². The second-order valence-electron chi connectivity index (χ2n) is 8.43. The van der Waals surface area contributed by atoms with Gasteiger partial charge in [-0.15, -0.1) is 0 Å². The second-order valence-corrected chi connectivity index (χ2v) is 8.43. The monoisotopic (exact) mass is 443 g/mol. The van der Waals surface area contributed by atoms with E-state index in [1.165, 1.54) is 4.90 Å². The van der Waals surface area contributed by atoms with Gasteiger partial charge in [0.1, 0.15) is 5.76 Å². The van der Waals surface area contributed by atoms with Crippen LogP contribution in [0.4, 0.5) is 0 Å². The van der Waals surface area contributed by atoms with Crippen LogP contribution in [0.1, 0.15) is 61.3 Å². The van der Waals surface area contributed by atoms with Crippen molar-refractivity contribution in [1.82, 2.24) is 15.1 Å². The van der Waals surface area contributed by atoms with Crippen LogP contribution in [0.15, 0.2) is 71.3 Å². The standard InChI is InChI=1S/C26H25N3O4/c30-24(27-16-22(23-11-6-14-33-23)28-12-3-4-13-28)19-8-5-7-18(15-19)17-29-25(31)20-9-1-2-10-21(20)26(29)32/h1-2,5-11,14-15,22H,3-4,12-13,16-17H2,(H,27,30). The van der Waals surface area contributed by atoms with Gasteiger partial charge in [-0.05, 0) is 67.9 Å². The van der Waals surface area contributed by atoms with Gasteiger partial charge in [-0.2, -0.15) is 0 Å². The van der Waals surface area contributed by atoms with Crippen LogP contribution in [0.5, 0.6) is 0 Å². The molecule has 3 amide bonds. The van der Waals surface area contributed by atoms with Crippen LogP contribution in [-0.2, 0) is 6.54 Å². The van der Waals surface area contributed by atoms with E-state index >= 15 is 0 Å². The fraction of sp³-hybridized carbons (Fsp3) is 0.269. The van der Waals surface area contributed by atoms with Gasteiger partial charge in [0.05, 0.1) is 30.0 Å². The molecular formula is C26H25N3O4. The molecule has 1 N–H and O–H groups in total. The van der Waals surface area contributed by atoms with Gasteiger partial charge in [0, 0.05) is 12.1 Å². The molecule has 0 radical (unpaired) electrons. The number of carbonyl (C=O) groups is 3. The van der Waals surface area contributed by atoms with E-state index in [1.54, 1.807) is 48.7 Å². The summed E-state index contributed by atoms with van der Waals surface area (Å²) in [6.45, 7) is 2.53. The summed E-state index contributed by atoms with van der Waals surface area (Å²) in [7, 11) is 0. The molecule has 0 bridgehead atoms. The minimum atomic E-state index is -0.308. The normalized spacial score (nSPS) is 16.8. The summed E-state index contributed by atoms with van der Waals surface area (Å²) in [5.74, 6) is 0.0289. The van der Waals surface area contributed by atoms with Crippen LogP contribution < -0.4 is 5.32 Å². The van der Waals surface area contributed by atoms with Gasteiger partial charge in [-0.25, -0.2) is 0 Å². The number of nitrogens with one attached hydrogen (secondary N) is 1. The van der Waals surface area contributed by atoms with E-state index in [4.69, 9.17) is 4.42 Å². The molecule has 0 aliphatic carbocycles. The number of carbonyl (C=O) groups excluding carboxylic acids is 3. The van der Waals surface area contributed by atoms with Gasteiger partial charge in [-0.3, -0.25) is 24.2 Å². The fourth-order valence-electron chi connectivity index (χ4n) is 4.61. The van der Waals surface area contributed by atoms with Crippen molar-refractivity contribution in [2.45, 2.75) is 25.4 Å². The van der Waals surface area contributed by atoms with E-state index < -0.39 is 0 Å². The number of hydrogen-bond acceptors (Lipinski definition) is 5. The third-order valence-electron chi connectivity index (χ3n) is 6.32. The first-order valence-electron chi connectivity index (χ1n) is 11.2. The quantitative estimate of drug-likeness (QED) is 0.564. The smallest absolute Gasteiger partial charge is 0.261 e. The SMILES string of the molecule is O=C(NCC(c1ccco1)N1CCCC1)c1cccc(CN2C(=O)c3ccccc3C2=O)c1. The predicted molar refractivity (Wildman–Crippen MR) is 122 cm³/mol. The molecule has 7 heteroatoms. The molecule has 2 aromatic carbocycles. The lowest BCUT2D eigenvalue weighted by Crippen LogP contribution is -2.36. The molecule has 2 aliphatic heterocycles. The maximum Gasteiger partial charge on any atom is 0.261 e. The van der Waals surface area contributed by atoms with Crippen molar-refractivity contribution in [2.24, 2.45) is 0 Å². The van der Waals surface area contributed by atoms with E-state index in [9.17, 15) is 14.4 Å². The van der Waals surface area contributed by atoms with Crippen molar-refractivity contribution in [3.8, 4) is 0 Å². The highest BCUT2D eigenvalue weighted by Crippen LogP contribution is 2.26. The summed E-state index contributed by atoms with van der Waals surface area (Å²) in [5, 5.41) is 3.03. The molecule has 7 nitrogen and oxygen atoms in total. The molecule has 1 saturated heterocycles. The Morgan fingerprint density at radius 3 is 2.33 bits per heavy atom. The fourth-order valence-corrected chi connectivity index (χ4v) is 4.61. The van der Waals surface area contributed by atoms with Gasteiger partial charge < -0.3 is 9.73 Å². The zero-order valence-corrected chi connectivity index (χ0v) is 18.2. The Bertz CT molecular complexity index is 1150. The lowest BCUT2D eigenvalue weighted by molar-refractivity contribution is 0.0642. The largest absolute Gasteiger partial charge is 0.468 e. The van der Waals surface area contributed by atoms with Crippen molar-refractivity contribution in [2.75, 3.05) is 19.6 Å². The number of fused-ring (bicyclic) bond motifs is 1. The highest BCUT2D eigenvalue weighted by Gasteiger charge is 2.35. The molecule has 33 heavy (non-hydrogen) atoms. The Morgan fingerprint density at radius 2 is 1.67 bits per heavy atom. The predicted octanol–water partition coefficient (Wildman–Crippen LogP) is 3.64. The maximum atomic E-state index is 12.9. The molecule has 3 aromatic rings. The number of amides is 3. The molecule has 3 heterocycles. The van der Waals surface area contributed by atoms with E-state index in [0.717, 1.165) is 37.3 Å². The first-order chi connectivity index (χ1) is 16.1. The zero-order chi connectivity index (χ0) is 22.8. The van der Waals surface area contributed by atoms with Crippen molar-refractivity contribution >= 4 is 17.7 Å². The van der Waals surface area contributed by atoms with Crippen molar-refractivity contribution in [3.05, 3.63) is 94.9 Å². The zero-order valence-electron chi connectivity index (χ0n) is 18.2. The van der Waals surface area contributed by atoms with E-state index in [2.05, 4.69) is 10.2 Å². The summed E-state index contributed by atoms with van der Waals surface area (Å²) in [6.07, 6.45) is 3.94. The molecule has 2 aliphatic rings.